The van der Waals surface area contributed by atoms with E-state index in [4.69, 9.17) is 4.74 Å². The molecule has 0 saturated heterocycles. The summed E-state index contributed by atoms with van der Waals surface area (Å²) in [6.45, 7) is 2.12. The summed E-state index contributed by atoms with van der Waals surface area (Å²) in [6, 6.07) is 6.79. The second-order valence-corrected chi connectivity index (χ2v) is 4.93. The van der Waals surface area contributed by atoms with Crippen LogP contribution in [0.4, 0.5) is 0 Å². The Labute approximate surface area is 98.2 Å². The topological polar surface area (TPSA) is 21.3 Å². The summed E-state index contributed by atoms with van der Waals surface area (Å²) in [4.78, 5) is 0. The highest BCUT2D eigenvalue weighted by Crippen LogP contribution is 2.35. The van der Waals surface area contributed by atoms with Crippen LogP contribution >= 0.6 is 22.6 Å². The molecule has 2 rings (SSSR count). The maximum absolute atomic E-state index is 5.78. The molecule has 1 N–H and O–H groups in total. The van der Waals surface area contributed by atoms with E-state index < -0.39 is 0 Å². The lowest BCUT2D eigenvalue weighted by molar-refractivity contribution is 0.169. The minimum Gasteiger partial charge on any atom is -0.490 e. The van der Waals surface area contributed by atoms with E-state index >= 15 is 0 Å². The van der Waals surface area contributed by atoms with Gasteiger partial charge >= 0.3 is 0 Å². The average molecular weight is 303 g/mol. The molecule has 0 bridgehead atoms. The Hall–Kier alpha value is -0.290. The van der Waals surface area contributed by atoms with Crippen molar-refractivity contribution in [3.63, 3.8) is 0 Å². The third-order valence-corrected chi connectivity index (χ3v) is 3.26. The van der Waals surface area contributed by atoms with E-state index in [2.05, 4.69) is 53.0 Å². The third-order valence-electron chi connectivity index (χ3n) is 2.59. The van der Waals surface area contributed by atoms with Gasteiger partial charge in [-0.25, -0.2) is 0 Å². The van der Waals surface area contributed by atoms with E-state index in [0.29, 0.717) is 12.1 Å². The molecule has 2 atom stereocenters. The van der Waals surface area contributed by atoms with Crippen LogP contribution in [0.25, 0.3) is 0 Å². The summed E-state index contributed by atoms with van der Waals surface area (Å²) in [5, 5.41) is 3.33. The molecule has 1 aromatic rings. The number of ether oxygens (including phenoxy) is 1. The van der Waals surface area contributed by atoms with E-state index in [-0.39, 0.29) is 0 Å². The van der Waals surface area contributed by atoms with Crippen LogP contribution in [0.15, 0.2) is 18.2 Å². The van der Waals surface area contributed by atoms with Gasteiger partial charge < -0.3 is 10.1 Å². The van der Waals surface area contributed by atoms with Crippen LogP contribution in [-0.4, -0.2) is 13.2 Å². The normalized spacial score (nSPS) is 25.4. The van der Waals surface area contributed by atoms with Crippen LogP contribution in [0.3, 0.4) is 0 Å². The number of rotatable bonds is 1. The molecule has 76 valence electrons. The third kappa shape index (κ3) is 1.88. The predicted octanol–water partition coefficient (Wildman–Crippen LogP) is 2.72. The van der Waals surface area contributed by atoms with E-state index in [1.807, 2.05) is 7.05 Å². The van der Waals surface area contributed by atoms with Crippen molar-refractivity contribution in [3.8, 4) is 5.75 Å². The van der Waals surface area contributed by atoms with Crippen molar-refractivity contribution in [2.24, 2.45) is 0 Å². The number of hydrogen-bond acceptors (Lipinski definition) is 2. The molecule has 0 amide bonds. The van der Waals surface area contributed by atoms with Crippen molar-refractivity contribution in [1.29, 1.82) is 0 Å². The van der Waals surface area contributed by atoms with Crippen LogP contribution in [-0.2, 0) is 0 Å². The van der Waals surface area contributed by atoms with Crippen LogP contribution in [0.5, 0.6) is 5.75 Å². The van der Waals surface area contributed by atoms with Crippen molar-refractivity contribution in [2.75, 3.05) is 7.05 Å². The van der Waals surface area contributed by atoms with Gasteiger partial charge in [-0.3, -0.25) is 0 Å². The van der Waals surface area contributed by atoms with E-state index in [0.717, 1.165) is 12.2 Å². The highest BCUT2D eigenvalue weighted by Gasteiger charge is 2.24. The summed E-state index contributed by atoms with van der Waals surface area (Å²) in [5.74, 6) is 1.03. The number of benzene rings is 1. The zero-order valence-electron chi connectivity index (χ0n) is 8.38. The minimum absolute atomic E-state index is 0.306. The Morgan fingerprint density at radius 3 is 3.00 bits per heavy atom. The Kier molecular flexibility index (Phi) is 2.97. The molecule has 1 heterocycles. The predicted molar refractivity (Wildman–Crippen MR) is 65.7 cm³/mol. The van der Waals surface area contributed by atoms with Gasteiger partial charge in [0.1, 0.15) is 5.75 Å². The maximum Gasteiger partial charge on any atom is 0.124 e. The van der Waals surface area contributed by atoms with Gasteiger partial charge in [0.15, 0.2) is 0 Å². The molecule has 0 aliphatic carbocycles. The fraction of sp³-hybridized carbons (Fsp3) is 0.455. The monoisotopic (exact) mass is 303 g/mol. The lowest BCUT2D eigenvalue weighted by atomic mass is 9.97. The maximum atomic E-state index is 5.78. The van der Waals surface area contributed by atoms with Gasteiger partial charge in [0.25, 0.3) is 0 Å². The largest absolute Gasteiger partial charge is 0.490 e. The average Bonchev–Trinajstić information content (AvgIpc) is 2.17. The standard InChI is InChI=1S/C11H14INO/c1-7-5-10(13-2)9-6-8(12)3-4-11(9)14-7/h3-4,6-7,10,13H,5H2,1-2H3. The van der Waals surface area contributed by atoms with Crippen LogP contribution in [0, 0.1) is 3.57 Å². The fourth-order valence-electron chi connectivity index (χ4n) is 1.90. The Bertz CT molecular complexity index is 340. The molecule has 2 unspecified atom stereocenters. The summed E-state index contributed by atoms with van der Waals surface area (Å²) < 4.78 is 7.04. The number of fused-ring (bicyclic) bond motifs is 1. The van der Waals surface area contributed by atoms with Crippen molar-refractivity contribution < 1.29 is 4.74 Å². The number of hydrogen-bond donors (Lipinski definition) is 1. The van der Waals surface area contributed by atoms with Crippen molar-refractivity contribution in [1.82, 2.24) is 5.32 Å². The number of nitrogens with one attached hydrogen (secondary N) is 1. The molecular weight excluding hydrogens is 289 g/mol. The molecule has 1 aromatic carbocycles. The summed E-state index contributed by atoms with van der Waals surface area (Å²) >= 11 is 2.33. The molecule has 0 spiro atoms. The Balaban J connectivity index is 2.41. The van der Waals surface area contributed by atoms with Crippen LogP contribution in [0.2, 0.25) is 0 Å². The van der Waals surface area contributed by atoms with Crippen molar-refractivity contribution in [3.05, 3.63) is 27.3 Å². The first-order valence-corrected chi connectivity index (χ1v) is 5.92. The van der Waals surface area contributed by atoms with Gasteiger partial charge in [0, 0.05) is 21.6 Å². The highest BCUT2D eigenvalue weighted by atomic mass is 127. The van der Waals surface area contributed by atoms with Gasteiger partial charge in [0.2, 0.25) is 0 Å². The SMILES string of the molecule is CNC1CC(C)Oc2ccc(I)cc21. The fourth-order valence-corrected chi connectivity index (χ4v) is 2.41. The molecule has 3 heteroatoms. The molecule has 0 radical (unpaired) electrons. The Morgan fingerprint density at radius 1 is 1.50 bits per heavy atom. The lowest BCUT2D eigenvalue weighted by Gasteiger charge is -2.30. The second-order valence-electron chi connectivity index (χ2n) is 3.69. The summed E-state index contributed by atoms with van der Waals surface area (Å²) in [5.41, 5.74) is 1.29. The second kappa shape index (κ2) is 4.06. The van der Waals surface area contributed by atoms with Gasteiger partial charge in [-0.1, -0.05) is 0 Å². The first kappa shape index (κ1) is 10.2. The Morgan fingerprint density at radius 2 is 2.29 bits per heavy atom. The van der Waals surface area contributed by atoms with Crippen LogP contribution < -0.4 is 10.1 Å². The zero-order chi connectivity index (χ0) is 10.1. The smallest absolute Gasteiger partial charge is 0.124 e. The molecule has 2 nitrogen and oxygen atoms in total. The zero-order valence-corrected chi connectivity index (χ0v) is 10.5. The van der Waals surface area contributed by atoms with Crippen molar-refractivity contribution >= 4 is 22.6 Å². The van der Waals surface area contributed by atoms with E-state index in [1.54, 1.807) is 0 Å². The van der Waals surface area contributed by atoms with Gasteiger partial charge in [0.05, 0.1) is 6.10 Å². The van der Waals surface area contributed by atoms with Crippen molar-refractivity contribution in [2.45, 2.75) is 25.5 Å². The molecule has 1 aliphatic heterocycles. The van der Waals surface area contributed by atoms with Gasteiger partial charge in [-0.15, -0.1) is 0 Å². The van der Waals surface area contributed by atoms with Gasteiger partial charge in [-0.05, 0) is 54.8 Å². The highest BCUT2D eigenvalue weighted by molar-refractivity contribution is 14.1. The van der Waals surface area contributed by atoms with Gasteiger partial charge in [-0.2, -0.15) is 0 Å². The summed E-state index contributed by atoms with van der Waals surface area (Å²) in [7, 11) is 2.01. The number of halogens is 1. The molecule has 1 aliphatic rings. The molecule has 0 aromatic heterocycles. The molecule has 14 heavy (non-hydrogen) atoms. The molecule has 0 fully saturated rings. The van der Waals surface area contributed by atoms with E-state index in [9.17, 15) is 0 Å². The molecular formula is C11H14INO. The van der Waals surface area contributed by atoms with E-state index in [1.165, 1.54) is 9.13 Å². The summed E-state index contributed by atoms with van der Waals surface area (Å²) in [6.07, 6.45) is 1.35. The first-order chi connectivity index (χ1) is 6.70. The lowest BCUT2D eigenvalue weighted by Crippen LogP contribution is -2.29. The minimum atomic E-state index is 0.306. The quantitative estimate of drug-likeness (QED) is 0.806. The first-order valence-electron chi connectivity index (χ1n) is 4.84. The molecule has 0 saturated carbocycles. The van der Waals surface area contributed by atoms with Crippen LogP contribution in [0.1, 0.15) is 24.9 Å².